The second-order valence-electron chi connectivity index (χ2n) is 6.66. The minimum atomic E-state index is 0.0340. The normalized spacial score (nSPS) is 23.6. The molecule has 1 fully saturated rings. The van der Waals surface area contributed by atoms with Crippen molar-refractivity contribution >= 4 is 5.91 Å². The summed E-state index contributed by atoms with van der Waals surface area (Å²) >= 11 is 0. The molecule has 1 aliphatic rings. The van der Waals surface area contributed by atoms with Gasteiger partial charge in [0.15, 0.2) is 0 Å². The predicted molar refractivity (Wildman–Crippen MR) is 84.6 cm³/mol. The van der Waals surface area contributed by atoms with Gasteiger partial charge in [-0.2, -0.15) is 0 Å². The standard InChI is InChI=1S/C16H33N3O/c1-7-8-9-14-16(20)19(15(17-14)12(2)3)11-10-18(6)13(4)5/h12-15,17H,7-11H2,1-6H3. The van der Waals surface area contributed by atoms with E-state index in [0.29, 0.717) is 17.9 Å². The van der Waals surface area contributed by atoms with Crippen LogP contribution in [0.25, 0.3) is 0 Å². The summed E-state index contributed by atoms with van der Waals surface area (Å²) in [6.07, 6.45) is 3.43. The summed E-state index contributed by atoms with van der Waals surface area (Å²) in [7, 11) is 2.12. The zero-order valence-corrected chi connectivity index (χ0v) is 14.1. The molecule has 1 aliphatic heterocycles. The second kappa shape index (κ2) is 7.99. The number of likely N-dealkylation sites (N-methyl/N-ethyl adjacent to an activating group) is 1. The zero-order chi connectivity index (χ0) is 15.3. The third-order valence-electron chi connectivity index (χ3n) is 4.34. The van der Waals surface area contributed by atoms with Crippen LogP contribution in [0.1, 0.15) is 53.9 Å². The zero-order valence-electron chi connectivity index (χ0n) is 14.1. The van der Waals surface area contributed by atoms with Gasteiger partial charge in [-0.25, -0.2) is 0 Å². The Bertz CT molecular complexity index is 304. The number of nitrogens with zero attached hydrogens (tertiary/aromatic N) is 2. The summed E-state index contributed by atoms with van der Waals surface area (Å²) in [5.74, 6) is 0.754. The summed E-state index contributed by atoms with van der Waals surface area (Å²) < 4.78 is 0. The van der Waals surface area contributed by atoms with E-state index in [0.717, 1.165) is 32.4 Å². The molecule has 0 aromatic heterocycles. The molecule has 0 saturated carbocycles. The Morgan fingerprint density at radius 3 is 2.45 bits per heavy atom. The van der Waals surface area contributed by atoms with Crippen LogP contribution in [0, 0.1) is 5.92 Å². The van der Waals surface area contributed by atoms with Crippen molar-refractivity contribution in [3.05, 3.63) is 0 Å². The summed E-state index contributed by atoms with van der Waals surface area (Å²) in [5.41, 5.74) is 0. The third kappa shape index (κ3) is 4.45. The van der Waals surface area contributed by atoms with Gasteiger partial charge in [0.25, 0.3) is 0 Å². The molecule has 4 heteroatoms. The number of nitrogens with one attached hydrogen (secondary N) is 1. The van der Waals surface area contributed by atoms with Crippen LogP contribution in [0.2, 0.25) is 0 Å². The topological polar surface area (TPSA) is 35.6 Å². The molecule has 118 valence electrons. The lowest BCUT2D eigenvalue weighted by molar-refractivity contribution is -0.130. The highest BCUT2D eigenvalue weighted by Gasteiger charge is 2.39. The largest absolute Gasteiger partial charge is 0.324 e. The van der Waals surface area contributed by atoms with Crippen molar-refractivity contribution in [2.45, 2.75) is 72.1 Å². The average Bonchev–Trinajstić information content (AvgIpc) is 2.70. The van der Waals surface area contributed by atoms with E-state index in [1.54, 1.807) is 0 Å². The van der Waals surface area contributed by atoms with Gasteiger partial charge < -0.3 is 9.80 Å². The summed E-state index contributed by atoms with van der Waals surface area (Å²) in [4.78, 5) is 16.9. The highest BCUT2D eigenvalue weighted by atomic mass is 16.2. The number of carbonyl (C=O) groups is 1. The molecule has 0 spiro atoms. The Hall–Kier alpha value is -0.610. The molecule has 1 saturated heterocycles. The van der Waals surface area contributed by atoms with Crippen molar-refractivity contribution < 1.29 is 4.79 Å². The van der Waals surface area contributed by atoms with Crippen molar-refractivity contribution in [3.8, 4) is 0 Å². The van der Waals surface area contributed by atoms with Crippen LogP contribution in [0.3, 0.4) is 0 Å². The van der Waals surface area contributed by atoms with E-state index >= 15 is 0 Å². The fraction of sp³-hybridized carbons (Fsp3) is 0.938. The van der Waals surface area contributed by atoms with Crippen LogP contribution in [-0.4, -0.2) is 54.1 Å². The van der Waals surface area contributed by atoms with E-state index in [1.807, 2.05) is 0 Å². The van der Waals surface area contributed by atoms with Crippen LogP contribution in [-0.2, 0) is 4.79 Å². The maximum Gasteiger partial charge on any atom is 0.241 e. The predicted octanol–water partition coefficient (Wildman–Crippen LogP) is 2.30. The minimum absolute atomic E-state index is 0.0340. The molecule has 20 heavy (non-hydrogen) atoms. The highest BCUT2D eigenvalue weighted by Crippen LogP contribution is 2.20. The molecule has 0 aromatic carbocycles. The van der Waals surface area contributed by atoms with E-state index in [4.69, 9.17) is 0 Å². The van der Waals surface area contributed by atoms with Gasteiger partial charge in [0, 0.05) is 19.1 Å². The third-order valence-corrected chi connectivity index (χ3v) is 4.34. The molecule has 1 N–H and O–H groups in total. The first-order valence-electron chi connectivity index (χ1n) is 8.15. The highest BCUT2D eigenvalue weighted by molar-refractivity contribution is 5.84. The number of amides is 1. The van der Waals surface area contributed by atoms with E-state index in [1.165, 1.54) is 0 Å². The fourth-order valence-corrected chi connectivity index (χ4v) is 2.64. The molecule has 2 unspecified atom stereocenters. The van der Waals surface area contributed by atoms with Gasteiger partial charge in [-0.15, -0.1) is 0 Å². The van der Waals surface area contributed by atoms with Crippen molar-refractivity contribution in [3.63, 3.8) is 0 Å². The molecule has 2 atom stereocenters. The SMILES string of the molecule is CCCCC1NC(C(C)C)N(CCN(C)C(C)C)C1=O. The van der Waals surface area contributed by atoms with Crippen molar-refractivity contribution in [2.24, 2.45) is 5.92 Å². The van der Waals surface area contributed by atoms with Gasteiger partial charge in [0.1, 0.15) is 0 Å². The Morgan fingerprint density at radius 2 is 1.95 bits per heavy atom. The van der Waals surface area contributed by atoms with Gasteiger partial charge in [-0.3, -0.25) is 10.1 Å². The minimum Gasteiger partial charge on any atom is -0.324 e. The lowest BCUT2D eigenvalue weighted by Crippen LogP contribution is -2.45. The molecule has 1 heterocycles. The first kappa shape index (κ1) is 17.4. The molecule has 0 bridgehead atoms. The van der Waals surface area contributed by atoms with Crippen LogP contribution < -0.4 is 5.32 Å². The van der Waals surface area contributed by atoms with E-state index in [-0.39, 0.29) is 12.2 Å². The van der Waals surface area contributed by atoms with Gasteiger partial charge in [-0.05, 0) is 33.2 Å². The fourth-order valence-electron chi connectivity index (χ4n) is 2.64. The van der Waals surface area contributed by atoms with Crippen molar-refractivity contribution in [1.29, 1.82) is 0 Å². The average molecular weight is 283 g/mol. The molecular formula is C16H33N3O. The van der Waals surface area contributed by atoms with Crippen LogP contribution >= 0.6 is 0 Å². The number of rotatable bonds is 8. The number of carbonyl (C=O) groups excluding carboxylic acids is 1. The Kier molecular flexibility index (Phi) is 6.96. The number of hydrogen-bond donors (Lipinski definition) is 1. The molecule has 0 aliphatic carbocycles. The lowest BCUT2D eigenvalue weighted by atomic mass is 10.1. The molecular weight excluding hydrogens is 250 g/mol. The van der Waals surface area contributed by atoms with E-state index < -0.39 is 0 Å². The molecule has 4 nitrogen and oxygen atoms in total. The Labute approximate surface area is 124 Å². The first-order chi connectivity index (χ1) is 9.38. The second-order valence-corrected chi connectivity index (χ2v) is 6.66. The van der Waals surface area contributed by atoms with Gasteiger partial charge >= 0.3 is 0 Å². The maximum absolute atomic E-state index is 12.6. The van der Waals surface area contributed by atoms with Crippen LogP contribution in [0.4, 0.5) is 0 Å². The van der Waals surface area contributed by atoms with Gasteiger partial charge in [0.2, 0.25) is 5.91 Å². The van der Waals surface area contributed by atoms with Crippen molar-refractivity contribution in [1.82, 2.24) is 15.1 Å². The monoisotopic (exact) mass is 283 g/mol. The molecule has 0 aromatic rings. The van der Waals surface area contributed by atoms with Crippen molar-refractivity contribution in [2.75, 3.05) is 20.1 Å². The smallest absolute Gasteiger partial charge is 0.241 e. The Morgan fingerprint density at radius 1 is 1.30 bits per heavy atom. The van der Waals surface area contributed by atoms with Gasteiger partial charge in [0.05, 0.1) is 12.2 Å². The summed E-state index contributed by atoms with van der Waals surface area (Å²) in [6, 6.07) is 0.556. The van der Waals surface area contributed by atoms with E-state index in [2.05, 4.69) is 56.8 Å². The Balaban J connectivity index is 2.62. The first-order valence-corrected chi connectivity index (χ1v) is 8.15. The quantitative estimate of drug-likeness (QED) is 0.742. The molecule has 1 amide bonds. The number of unbranched alkanes of at least 4 members (excludes halogenated alkanes) is 1. The lowest BCUT2D eigenvalue weighted by Gasteiger charge is -2.30. The van der Waals surface area contributed by atoms with E-state index in [9.17, 15) is 4.79 Å². The summed E-state index contributed by atoms with van der Waals surface area (Å²) in [5, 5.41) is 3.54. The molecule has 1 rings (SSSR count). The van der Waals surface area contributed by atoms with Gasteiger partial charge in [-0.1, -0.05) is 33.6 Å². The molecule has 0 radical (unpaired) electrons. The number of hydrogen-bond acceptors (Lipinski definition) is 3. The van der Waals surface area contributed by atoms with Crippen LogP contribution in [0.5, 0.6) is 0 Å². The maximum atomic E-state index is 12.6. The van der Waals surface area contributed by atoms with Crippen LogP contribution in [0.15, 0.2) is 0 Å². The summed E-state index contributed by atoms with van der Waals surface area (Å²) in [6.45, 7) is 12.7.